The molecule has 9 nitrogen and oxygen atoms in total. The van der Waals surface area contributed by atoms with Crippen LogP contribution in [-0.4, -0.2) is 66.1 Å². The molecule has 0 unspecified atom stereocenters. The van der Waals surface area contributed by atoms with E-state index in [0.29, 0.717) is 17.0 Å². The molecule has 0 amide bonds. The van der Waals surface area contributed by atoms with Gasteiger partial charge < -0.3 is 24.8 Å². The van der Waals surface area contributed by atoms with E-state index in [4.69, 9.17) is 5.11 Å². The molecule has 9 heteroatoms. The fraction of sp³-hybridized carbons (Fsp3) is 0.538. The molecule has 2 heterocycles. The number of aliphatic hydroxyl groups excluding tert-OH is 2. The smallest absolute Gasteiger partial charge is 0.335 e. The van der Waals surface area contributed by atoms with Crippen LogP contribution in [0.2, 0.25) is 0 Å². The molecule has 2 atom stereocenters. The van der Waals surface area contributed by atoms with Crippen LogP contribution in [-0.2, 0) is 11.3 Å². The van der Waals surface area contributed by atoms with Crippen molar-refractivity contribution in [1.29, 1.82) is 0 Å². The van der Waals surface area contributed by atoms with Gasteiger partial charge in [0, 0.05) is 13.1 Å². The van der Waals surface area contributed by atoms with Gasteiger partial charge >= 0.3 is 5.97 Å². The average Bonchev–Trinajstić information content (AvgIpc) is 2.91. The molecule has 3 N–H and O–H groups in total. The number of aliphatic carboxylic acids is 1. The van der Waals surface area contributed by atoms with E-state index in [0.717, 1.165) is 13.1 Å². The van der Waals surface area contributed by atoms with Crippen molar-refractivity contribution in [3.8, 4) is 0 Å². The molecule has 2 aromatic rings. The predicted octanol–water partition coefficient (Wildman–Crippen LogP) is -0.521. The van der Waals surface area contributed by atoms with Crippen LogP contribution < -0.4 is 4.90 Å². The molecule has 0 aliphatic rings. The van der Waals surface area contributed by atoms with Crippen molar-refractivity contribution in [1.82, 2.24) is 19.5 Å². The lowest BCUT2D eigenvalue weighted by Crippen LogP contribution is -2.36. The van der Waals surface area contributed by atoms with E-state index in [1.54, 1.807) is 0 Å². The summed E-state index contributed by atoms with van der Waals surface area (Å²) in [4.78, 5) is 25.3. The van der Waals surface area contributed by atoms with Gasteiger partial charge in [-0.1, -0.05) is 0 Å². The maximum absolute atomic E-state index is 10.7. The normalized spacial score (nSPS) is 14.0. The number of rotatable bonds is 7. The monoisotopic (exact) mass is 309 g/mol. The Kier molecular flexibility index (Phi) is 4.88. The molecule has 0 aromatic carbocycles. The predicted molar refractivity (Wildman–Crippen MR) is 78.5 cm³/mol. The van der Waals surface area contributed by atoms with Crippen molar-refractivity contribution in [3.63, 3.8) is 0 Å². The SMILES string of the molecule is CCN(CC)c1ncnc2c1ncn2C[C@@H](O)[C@@H](O)C(=O)O. The Hall–Kier alpha value is -2.26. The summed E-state index contributed by atoms with van der Waals surface area (Å²) in [7, 11) is 0. The Labute approximate surface area is 126 Å². The van der Waals surface area contributed by atoms with Crippen LogP contribution >= 0.6 is 0 Å². The van der Waals surface area contributed by atoms with Crippen molar-refractivity contribution in [2.75, 3.05) is 18.0 Å². The second-order valence-corrected chi connectivity index (χ2v) is 4.79. The molecule has 2 rings (SSSR count). The fourth-order valence-electron chi connectivity index (χ4n) is 2.22. The molecule has 120 valence electrons. The summed E-state index contributed by atoms with van der Waals surface area (Å²) in [5, 5.41) is 27.8. The van der Waals surface area contributed by atoms with Gasteiger partial charge in [-0.05, 0) is 13.8 Å². The van der Waals surface area contributed by atoms with Crippen LogP contribution in [0.1, 0.15) is 13.8 Å². The van der Waals surface area contributed by atoms with Crippen LogP contribution in [0.25, 0.3) is 11.2 Å². The van der Waals surface area contributed by atoms with Gasteiger partial charge in [-0.3, -0.25) is 0 Å². The highest BCUT2D eigenvalue weighted by molar-refractivity contribution is 5.83. The number of hydrogen-bond donors (Lipinski definition) is 3. The topological polar surface area (TPSA) is 125 Å². The van der Waals surface area contributed by atoms with E-state index in [9.17, 15) is 15.0 Å². The molecule has 0 spiro atoms. The Morgan fingerprint density at radius 1 is 1.27 bits per heavy atom. The van der Waals surface area contributed by atoms with Crippen LogP contribution in [0.4, 0.5) is 5.82 Å². The van der Waals surface area contributed by atoms with Crippen LogP contribution in [0, 0.1) is 0 Å². The maximum Gasteiger partial charge on any atom is 0.335 e. The van der Waals surface area contributed by atoms with Gasteiger partial charge in [0.1, 0.15) is 12.4 Å². The highest BCUT2D eigenvalue weighted by atomic mass is 16.4. The minimum absolute atomic E-state index is 0.126. The minimum Gasteiger partial charge on any atom is -0.479 e. The third-order valence-electron chi connectivity index (χ3n) is 3.45. The van der Waals surface area contributed by atoms with Gasteiger partial charge in [0.15, 0.2) is 23.1 Å². The lowest BCUT2D eigenvalue weighted by atomic mass is 10.2. The van der Waals surface area contributed by atoms with Crippen molar-refractivity contribution >= 4 is 23.0 Å². The van der Waals surface area contributed by atoms with Gasteiger partial charge in [0.05, 0.1) is 12.9 Å². The zero-order valence-electron chi connectivity index (χ0n) is 12.4. The van der Waals surface area contributed by atoms with Gasteiger partial charge in [-0.15, -0.1) is 0 Å². The quantitative estimate of drug-likeness (QED) is 0.624. The number of carboxylic acid groups (broad SMARTS) is 1. The molecular weight excluding hydrogens is 290 g/mol. The van der Waals surface area contributed by atoms with Gasteiger partial charge in [-0.25, -0.2) is 19.7 Å². The van der Waals surface area contributed by atoms with E-state index in [1.165, 1.54) is 17.2 Å². The summed E-state index contributed by atoms with van der Waals surface area (Å²) < 4.78 is 1.50. The molecule has 0 fully saturated rings. The number of fused-ring (bicyclic) bond motifs is 1. The number of aromatic nitrogens is 4. The number of anilines is 1. The zero-order chi connectivity index (χ0) is 16.3. The Morgan fingerprint density at radius 2 is 1.95 bits per heavy atom. The van der Waals surface area contributed by atoms with E-state index >= 15 is 0 Å². The van der Waals surface area contributed by atoms with Crippen molar-refractivity contribution in [2.45, 2.75) is 32.6 Å². The highest BCUT2D eigenvalue weighted by Gasteiger charge is 2.25. The van der Waals surface area contributed by atoms with Crippen molar-refractivity contribution in [3.05, 3.63) is 12.7 Å². The molecule has 2 aromatic heterocycles. The van der Waals surface area contributed by atoms with Gasteiger partial charge in [0.2, 0.25) is 0 Å². The first-order valence-electron chi connectivity index (χ1n) is 6.99. The molecule has 0 aliphatic carbocycles. The number of aliphatic hydroxyl groups is 2. The maximum atomic E-state index is 10.7. The summed E-state index contributed by atoms with van der Waals surface area (Å²) in [5.74, 6) is -0.794. The fourth-order valence-corrected chi connectivity index (χ4v) is 2.22. The van der Waals surface area contributed by atoms with Crippen LogP contribution in [0.15, 0.2) is 12.7 Å². The lowest BCUT2D eigenvalue weighted by Gasteiger charge is -2.19. The average molecular weight is 309 g/mol. The van der Waals surface area contributed by atoms with E-state index < -0.39 is 18.2 Å². The van der Waals surface area contributed by atoms with Gasteiger partial charge in [0.25, 0.3) is 0 Å². The zero-order valence-corrected chi connectivity index (χ0v) is 12.4. The summed E-state index contributed by atoms with van der Waals surface area (Å²) in [5.41, 5.74) is 1.05. The summed E-state index contributed by atoms with van der Waals surface area (Å²) in [6.45, 7) is 5.40. The molecular formula is C13H19N5O4. The van der Waals surface area contributed by atoms with E-state index in [1.807, 2.05) is 18.7 Å². The first kappa shape index (κ1) is 16.1. The third-order valence-corrected chi connectivity index (χ3v) is 3.45. The Morgan fingerprint density at radius 3 is 2.55 bits per heavy atom. The minimum atomic E-state index is -1.86. The van der Waals surface area contributed by atoms with Crippen molar-refractivity contribution in [2.24, 2.45) is 0 Å². The number of hydrogen-bond acceptors (Lipinski definition) is 7. The first-order chi connectivity index (χ1) is 10.5. The second kappa shape index (κ2) is 6.67. The molecule has 0 radical (unpaired) electrons. The standard InChI is InChI=1S/C13H19N5O4/c1-3-17(4-2)11-9-12(15-6-14-11)18(7-16-9)5-8(19)10(20)13(21)22/h6-8,10,19-20H,3-5H2,1-2H3,(H,21,22)/t8-,10-/m1/s1. The Balaban J connectivity index is 2.34. The number of carbonyl (C=O) groups is 1. The van der Waals surface area contributed by atoms with Crippen LogP contribution in [0.3, 0.4) is 0 Å². The highest BCUT2D eigenvalue weighted by Crippen LogP contribution is 2.21. The third kappa shape index (κ3) is 3.00. The first-order valence-corrected chi connectivity index (χ1v) is 6.99. The van der Waals surface area contributed by atoms with Crippen LogP contribution in [0.5, 0.6) is 0 Å². The van der Waals surface area contributed by atoms with E-state index in [2.05, 4.69) is 15.0 Å². The van der Waals surface area contributed by atoms with Gasteiger partial charge in [-0.2, -0.15) is 0 Å². The number of imidazole rings is 1. The number of carboxylic acids is 1. The molecule has 0 bridgehead atoms. The molecule has 0 saturated carbocycles. The summed E-state index contributed by atoms with van der Waals surface area (Å²) in [6.07, 6.45) is -0.471. The molecule has 0 saturated heterocycles. The summed E-state index contributed by atoms with van der Waals surface area (Å²) in [6, 6.07) is 0. The lowest BCUT2D eigenvalue weighted by molar-refractivity contribution is -0.153. The number of nitrogens with zero attached hydrogens (tertiary/aromatic N) is 5. The Bertz CT molecular complexity index is 655. The molecule has 0 aliphatic heterocycles. The van der Waals surface area contributed by atoms with E-state index in [-0.39, 0.29) is 6.54 Å². The second-order valence-electron chi connectivity index (χ2n) is 4.79. The summed E-state index contributed by atoms with van der Waals surface area (Å²) >= 11 is 0. The van der Waals surface area contributed by atoms with Crippen molar-refractivity contribution < 1.29 is 20.1 Å². The molecule has 22 heavy (non-hydrogen) atoms. The largest absolute Gasteiger partial charge is 0.479 e.